The molecule has 0 N–H and O–H groups in total. The van der Waals surface area contributed by atoms with Gasteiger partial charge in [-0.15, -0.1) is 0 Å². The van der Waals surface area contributed by atoms with E-state index in [9.17, 15) is 13.2 Å². The highest BCUT2D eigenvalue weighted by molar-refractivity contribution is 7.91. The molecule has 5 heteroatoms. The largest absolute Gasteiger partial charge is 0.336 e. The number of rotatable bonds is 5. The Balaban J connectivity index is 1.57. The smallest absolute Gasteiger partial charge is 0.223 e. The summed E-state index contributed by atoms with van der Waals surface area (Å²) in [5, 5.41) is 0. The van der Waals surface area contributed by atoms with Crippen LogP contribution in [0.15, 0.2) is 0 Å². The summed E-state index contributed by atoms with van der Waals surface area (Å²) in [6.45, 7) is 0. The predicted octanol–water partition coefficient (Wildman–Crippen LogP) is 2.13. The lowest BCUT2D eigenvalue weighted by Crippen LogP contribution is -2.42. The third-order valence-corrected chi connectivity index (χ3v) is 6.82. The van der Waals surface area contributed by atoms with Crippen molar-refractivity contribution in [3.05, 3.63) is 0 Å². The minimum Gasteiger partial charge on any atom is -0.336 e. The molecule has 0 aromatic carbocycles. The number of hydrogen-bond donors (Lipinski definition) is 0. The zero-order chi connectivity index (χ0) is 14.2. The van der Waals surface area contributed by atoms with Crippen molar-refractivity contribution < 1.29 is 13.2 Å². The Morgan fingerprint density at radius 3 is 2.25 bits per heavy atom. The van der Waals surface area contributed by atoms with Gasteiger partial charge in [0.2, 0.25) is 5.91 Å². The summed E-state index contributed by atoms with van der Waals surface area (Å²) in [5.41, 5.74) is 0. The van der Waals surface area contributed by atoms with Crippen molar-refractivity contribution in [1.82, 2.24) is 4.90 Å². The average Bonchev–Trinajstić information content (AvgIpc) is 2.95. The SMILES string of the molecule is O=C(CCC1CCCC1)N(C1CC1)[C@@H]1CCS(=O)(=O)C1. The second kappa shape index (κ2) is 5.66. The zero-order valence-electron chi connectivity index (χ0n) is 12.1. The molecule has 3 aliphatic rings. The van der Waals surface area contributed by atoms with Crippen molar-refractivity contribution >= 4 is 15.7 Å². The first kappa shape index (κ1) is 14.4. The van der Waals surface area contributed by atoms with E-state index >= 15 is 0 Å². The molecule has 3 rings (SSSR count). The van der Waals surface area contributed by atoms with Crippen LogP contribution in [-0.2, 0) is 14.6 Å². The summed E-state index contributed by atoms with van der Waals surface area (Å²) >= 11 is 0. The topological polar surface area (TPSA) is 54.5 Å². The molecule has 0 spiro atoms. The van der Waals surface area contributed by atoms with Gasteiger partial charge in [-0.1, -0.05) is 25.7 Å². The Morgan fingerprint density at radius 2 is 1.70 bits per heavy atom. The first-order valence-corrected chi connectivity index (χ1v) is 9.89. The van der Waals surface area contributed by atoms with E-state index in [1.165, 1.54) is 25.7 Å². The lowest BCUT2D eigenvalue weighted by Gasteiger charge is -2.28. The van der Waals surface area contributed by atoms with Crippen LogP contribution in [0.2, 0.25) is 0 Å². The number of nitrogens with zero attached hydrogens (tertiary/aromatic N) is 1. The predicted molar refractivity (Wildman–Crippen MR) is 78.1 cm³/mol. The summed E-state index contributed by atoms with van der Waals surface area (Å²) in [6.07, 6.45) is 9.56. The third-order valence-electron chi connectivity index (χ3n) is 5.07. The van der Waals surface area contributed by atoms with Gasteiger partial charge >= 0.3 is 0 Å². The van der Waals surface area contributed by atoms with E-state index < -0.39 is 9.84 Å². The van der Waals surface area contributed by atoms with Gasteiger partial charge in [0.05, 0.1) is 11.5 Å². The van der Waals surface area contributed by atoms with Crippen molar-refractivity contribution in [2.75, 3.05) is 11.5 Å². The zero-order valence-corrected chi connectivity index (χ0v) is 12.9. The molecule has 3 fully saturated rings. The third kappa shape index (κ3) is 3.35. The Bertz CT molecular complexity index is 464. The lowest BCUT2D eigenvalue weighted by molar-refractivity contribution is -0.134. The molecule has 2 aliphatic carbocycles. The average molecular weight is 299 g/mol. The first-order chi connectivity index (χ1) is 9.55. The highest BCUT2D eigenvalue weighted by Crippen LogP contribution is 2.34. The van der Waals surface area contributed by atoms with Crippen LogP contribution in [0.25, 0.3) is 0 Å². The minimum atomic E-state index is -2.90. The van der Waals surface area contributed by atoms with Crippen LogP contribution in [-0.4, -0.2) is 42.8 Å². The van der Waals surface area contributed by atoms with Crippen molar-refractivity contribution in [1.29, 1.82) is 0 Å². The molecule has 1 atom stereocenters. The minimum absolute atomic E-state index is 0.0384. The van der Waals surface area contributed by atoms with Crippen LogP contribution >= 0.6 is 0 Å². The van der Waals surface area contributed by atoms with Crippen molar-refractivity contribution in [2.45, 2.75) is 69.9 Å². The van der Waals surface area contributed by atoms with Crippen LogP contribution in [0.4, 0.5) is 0 Å². The molecule has 114 valence electrons. The molecule has 1 amide bonds. The van der Waals surface area contributed by atoms with Crippen molar-refractivity contribution in [3.63, 3.8) is 0 Å². The summed E-state index contributed by atoms with van der Waals surface area (Å²) in [7, 11) is -2.90. The summed E-state index contributed by atoms with van der Waals surface area (Å²) in [6, 6.07) is 0.299. The molecule has 0 unspecified atom stereocenters. The van der Waals surface area contributed by atoms with Gasteiger partial charge < -0.3 is 4.90 Å². The fraction of sp³-hybridized carbons (Fsp3) is 0.933. The molecule has 1 aliphatic heterocycles. The maximum absolute atomic E-state index is 12.5. The fourth-order valence-corrected chi connectivity index (χ4v) is 5.52. The molecule has 2 saturated carbocycles. The molecule has 20 heavy (non-hydrogen) atoms. The molecule has 4 nitrogen and oxygen atoms in total. The molecule has 0 aromatic heterocycles. The first-order valence-electron chi connectivity index (χ1n) is 8.07. The maximum atomic E-state index is 12.5. The summed E-state index contributed by atoms with van der Waals surface area (Å²) in [4.78, 5) is 14.5. The van der Waals surface area contributed by atoms with Gasteiger partial charge in [-0.25, -0.2) is 8.42 Å². The van der Waals surface area contributed by atoms with Crippen LogP contribution < -0.4 is 0 Å². The van der Waals surface area contributed by atoms with Gasteiger partial charge in [-0.2, -0.15) is 0 Å². The molecule has 0 bridgehead atoms. The molecular weight excluding hydrogens is 274 g/mol. The van der Waals surface area contributed by atoms with Gasteiger partial charge in [0, 0.05) is 18.5 Å². The fourth-order valence-electron chi connectivity index (χ4n) is 3.81. The number of amides is 1. The molecule has 1 saturated heterocycles. The van der Waals surface area contributed by atoms with Crippen LogP contribution in [0.3, 0.4) is 0 Å². The maximum Gasteiger partial charge on any atom is 0.223 e. The second-order valence-electron chi connectivity index (χ2n) is 6.78. The van der Waals surface area contributed by atoms with Gasteiger partial charge in [0.1, 0.15) is 0 Å². The van der Waals surface area contributed by atoms with E-state index in [4.69, 9.17) is 0 Å². The normalized spacial score (nSPS) is 29.7. The second-order valence-corrected chi connectivity index (χ2v) is 9.01. The summed E-state index contributed by atoms with van der Waals surface area (Å²) < 4.78 is 23.3. The Labute approximate surface area is 121 Å². The van der Waals surface area contributed by atoms with Crippen molar-refractivity contribution in [3.8, 4) is 0 Å². The number of hydrogen-bond acceptors (Lipinski definition) is 3. The number of sulfone groups is 1. The quantitative estimate of drug-likeness (QED) is 0.781. The molecule has 0 radical (unpaired) electrons. The highest BCUT2D eigenvalue weighted by Gasteiger charge is 2.41. The van der Waals surface area contributed by atoms with Gasteiger partial charge in [-0.3, -0.25) is 4.79 Å². The van der Waals surface area contributed by atoms with E-state index in [-0.39, 0.29) is 23.5 Å². The molecule has 0 aromatic rings. The standard InChI is InChI=1S/C15H25NO3S/c17-15(8-5-12-3-1-2-4-12)16(13-6-7-13)14-9-10-20(18,19)11-14/h12-14H,1-11H2/t14-/m1/s1. The Morgan fingerprint density at radius 1 is 1.00 bits per heavy atom. The number of carbonyl (C=O) groups excluding carboxylic acids is 1. The van der Waals surface area contributed by atoms with Crippen LogP contribution in [0.5, 0.6) is 0 Å². The molecular formula is C15H25NO3S. The van der Waals surface area contributed by atoms with Crippen molar-refractivity contribution in [2.24, 2.45) is 5.92 Å². The van der Waals surface area contributed by atoms with E-state index in [2.05, 4.69) is 0 Å². The van der Waals surface area contributed by atoms with E-state index in [0.717, 1.165) is 25.2 Å². The summed E-state index contributed by atoms with van der Waals surface area (Å²) in [5.74, 6) is 1.39. The van der Waals surface area contributed by atoms with Gasteiger partial charge in [0.15, 0.2) is 9.84 Å². The van der Waals surface area contributed by atoms with Crippen LogP contribution in [0, 0.1) is 5.92 Å². The van der Waals surface area contributed by atoms with Gasteiger partial charge in [0.25, 0.3) is 0 Å². The molecule has 1 heterocycles. The number of carbonyl (C=O) groups is 1. The van der Waals surface area contributed by atoms with Gasteiger partial charge in [-0.05, 0) is 31.6 Å². The van der Waals surface area contributed by atoms with E-state index in [0.29, 0.717) is 18.9 Å². The van der Waals surface area contributed by atoms with E-state index in [1.807, 2.05) is 4.90 Å². The van der Waals surface area contributed by atoms with E-state index in [1.54, 1.807) is 0 Å². The van der Waals surface area contributed by atoms with Crippen LogP contribution in [0.1, 0.15) is 57.8 Å². The Hall–Kier alpha value is -0.580. The Kier molecular flexibility index (Phi) is 4.07. The lowest BCUT2D eigenvalue weighted by atomic mass is 10.0. The highest BCUT2D eigenvalue weighted by atomic mass is 32.2. The monoisotopic (exact) mass is 299 g/mol.